The van der Waals surface area contributed by atoms with Crippen molar-refractivity contribution in [3.63, 3.8) is 0 Å². The van der Waals surface area contributed by atoms with Crippen LogP contribution in [0.1, 0.15) is 22.7 Å². The lowest BCUT2D eigenvalue weighted by atomic mass is 10.1. The molecule has 0 fully saturated rings. The minimum absolute atomic E-state index is 0.0851. The highest BCUT2D eigenvalue weighted by atomic mass is 32.1. The fourth-order valence-corrected chi connectivity index (χ4v) is 3.50. The zero-order valence-electron chi connectivity index (χ0n) is 18.4. The molecule has 0 saturated carbocycles. The lowest BCUT2D eigenvalue weighted by Gasteiger charge is -2.13. The van der Waals surface area contributed by atoms with Gasteiger partial charge in [-0.25, -0.2) is 4.98 Å². The van der Waals surface area contributed by atoms with Crippen molar-refractivity contribution in [2.24, 2.45) is 0 Å². The molecule has 180 valence electrons. The largest absolute Gasteiger partial charge is 0.493 e. The molecule has 0 saturated heterocycles. The first-order chi connectivity index (χ1) is 17.1. The van der Waals surface area contributed by atoms with E-state index < -0.39 is 11.0 Å². The van der Waals surface area contributed by atoms with E-state index in [2.05, 4.69) is 27.1 Å². The Kier molecular flexibility index (Phi) is 7.81. The Morgan fingerprint density at radius 3 is 2.71 bits per heavy atom. The van der Waals surface area contributed by atoms with Crippen molar-refractivity contribution in [1.82, 2.24) is 15.2 Å². The second-order valence-corrected chi connectivity index (χ2v) is 8.09. The Balaban J connectivity index is 1.56. The van der Waals surface area contributed by atoms with Crippen LogP contribution in [0.5, 0.6) is 17.2 Å². The summed E-state index contributed by atoms with van der Waals surface area (Å²) in [7, 11) is 0. The molecule has 9 nitrogen and oxygen atoms in total. The van der Waals surface area contributed by atoms with Crippen molar-refractivity contribution < 1.29 is 28.2 Å². The molecule has 0 aliphatic rings. The van der Waals surface area contributed by atoms with Crippen LogP contribution in [-0.2, 0) is 6.42 Å². The molecule has 0 aliphatic carbocycles. The fraction of sp³-hybridized carbons (Fsp3) is 0.167. The number of halogens is 1. The van der Waals surface area contributed by atoms with Gasteiger partial charge in [0.25, 0.3) is 5.91 Å². The number of aliphatic hydroxyl groups is 1. The number of aliphatic hydroxyl groups excluding tert-OH is 1. The number of carbonyl (C=O) groups excluding carboxylic acids is 1. The Morgan fingerprint density at radius 1 is 1.20 bits per heavy atom. The number of rotatable bonds is 11. The Morgan fingerprint density at radius 2 is 2.00 bits per heavy atom. The van der Waals surface area contributed by atoms with Crippen LogP contribution >= 0.6 is 11.3 Å². The smallest absolute Gasteiger partial charge is 0.261 e. The zero-order chi connectivity index (χ0) is 24.6. The van der Waals surface area contributed by atoms with Crippen molar-refractivity contribution in [3.8, 4) is 28.7 Å². The third-order valence-corrected chi connectivity index (χ3v) is 5.31. The molecule has 4 rings (SSSR count). The molecule has 0 radical (unpaired) electrons. The van der Waals surface area contributed by atoms with Gasteiger partial charge in [-0.15, -0.1) is 16.8 Å². The Labute approximate surface area is 203 Å². The molecule has 1 amide bonds. The van der Waals surface area contributed by atoms with Gasteiger partial charge in [-0.05, 0) is 42.8 Å². The third kappa shape index (κ3) is 6.28. The summed E-state index contributed by atoms with van der Waals surface area (Å²) in [5.74, 6) is 1.34. The summed E-state index contributed by atoms with van der Waals surface area (Å²) in [6.45, 7) is 4.00. The van der Waals surface area contributed by atoms with E-state index in [-0.39, 0.29) is 29.5 Å². The molecule has 2 aromatic carbocycles. The van der Waals surface area contributed by atoms with Crippen molar-refractivity contribution >= 4 is 22.4 Å². The Bertz CT molecular complexity index is 1310. The number of carbonyl (C=O) groups is 1. The molecule has 2 heterocycles. The van der Waals surface area contributed by atoms with Crippen LogP contribution in [0.15, 0.2) is 65.7 Å². The van der Waals surface area contributed by atoms with Gasteiger partial charge >= 0.3 is 0 Å². The van der Waals surface area contributed by atoms with Gasteiger partial charge in [-0.1, -0.05) is 17.4 Å². The summed E-state index contributed by atoms with van der Waals surface area (Å²) in [6.07, 6.45) is 3.71. The maximum Gasteiger partial charge on any atom is 0.261 e. The van der Waals surface area contributed by atoms with Crippen LogP contribution in [0.3, 0.4) is 0 Å². The van der Waals surface area contributed by atoms with Gasteiger partial charge in [0.15, 0.2) is 10.3 Å². The maximum atomic E-state index is 13.3. The summed E-state index contributed by atoms with van der Waals surface area (Å²) < 4.78 is 30.5. The molecule has 35 heavy (non-hydrogen) atoms. The summed E-state index contributed by atoms with van der Waals surface area (Å²) in [6, 6.07) is 11.7. The van der Waals surface area contributed by atoms with Crippen LogP contribution in [0.25, 0.3) is 11.5 Å². The highest BCUT2D eigenvalue weighted by Crippen LogP contribution is 2.32. The van der Waals surface area contributed by atoms with Crippen molar-refractivity contribution in [2.45, 2.75) is 12.8 Å². The van der Waals surface area contributed by atoms with E-state index in [9.17, 15) is 9.18 Å². The predicted octanol–water partition coefficient (Wildman–Crippen LogP) is 4.87. The first-order valence-electron chi connectivity index (χ1n) is 10.6. The van der Waals surface area contributed by atoms with Gasteiger partial charge in [0.05, 0.1) is 25.0 Å². The van der Waals surface area contributed by atoms with Gasteiger partial charge in [0.1, 0.15) is 17.2 Å². The quantitative estimate of drug-likeness (QED) is 0.223. The number of anilines is 1. The molecule has 0 atom stereocenters. The summed E-state index contributed by atoms with van der Waals surface area (Å²) >= 11 is 0.723. The number of nitrogens with one attached hydrogen (secondary N) is 1. The average Bonchev–Trinajstić information content (AvgIpc) is 3.49. The number of nitrogens with zero attached hydrogens (tertiary/aromatic N) is 3. The van der Waals surface area contributed by atoms with E-state index in [0.29, 0.717) is 41.9 Å². The zero-order valence-corrected chi connectivity index (χ0v) is 19.3. The van der Waals surface area contributed by atoms with Crippen molar-refractivity contribution in [3.05, 3.63) is 77.9 Å². The lowest BCUT2D eigenvalue weighted by Crippen LogP contribution is -2.13. The normalized spacial score (nSPS) is 10.7. The molecule has 0 bridgehead atoms. The number of aromatic nitrogens is 3. The average molecular weight is 497 g/mol. The van der Waals surface area contributed by atoms with E-state index in [1.165, 1.54) is 0 Å². The number of hydrogen-bond donors (Lipinski definition) is 2. The molecule has 0 spiro atoms. The molecular formula is C24H21FN4O5S. The van der Waals surface area contributed by atoms with Gasteiger partial charge in [-0.3, -0.25) is 10.1 Å². The van der Waals surface area contributed by atoms with Gasteiger partial charge < -0.3 is 19.0 Å². The van der Waals surface area contributed by atoms with E-state index in [0.717, 1.165) is 17.5 Å². The number of benzene rings is 2. The highest BCUT2D eigenvalue weighted by Gasteiger charge is 2.17. The van der Waals surface area contributed by atoms with Crippen molar-refractivity contribution in [1.29, 1.82) is 0 Å². The van der Waals surface area contributed by atoms with E-state index in [1.54, 1.807) is 48.5 Å². The molecule has 11 heteroatoms. The van der Waals surface area contributed by atoms with Gasteiger partial charge in [0, 0.05) is 18.1 Å². The number of ether oxygens (including phenoxy) is 2. The maximum absolute atomic E-state index is 13.3. The SMILES string of the molecule is C=CCCOc1ccc(C(=O)Nc2ncc(F)s2)c(Oc2ccc(-c3nnc(CCO)o3)cc2)c1. The monoisotopic (exact) mass is 496 g/mol. The van der Waals surface area contributed by atoms with Crippen LogP contribution in [0.4, 0.5) is 9.52 Å². The van der Waals surface area contributed by atoms with E-state index in [4.69, 9.17) is 19.0 Å². The van der Waals surface area contributed by atoms with Gasteiger partial charge in [0.2, 0.25) is 11.8 Å². The third-order valence-electron chi connectivity index (χ3n) is 4.61. The highest BCUT2D eigenvalue weighted by molar-refractivity contribution is 7.14. The minimum Gasteiger partial charge on any atom is -0.493 e. The van der Waals surface area contributed by atoms with Crippen LogP contribution in [0, 0.1) is 5.13 Å². The molecule has 2 N–H and O–H groups in total. The van der Waals surface area contributed by atoms with Crippen molar-refractivity contribution in [2.75, 3.05) is 18.5 Å². The van der Waals surface area contributed by atoms with Crippen LogP contribution in [0.2, 0.25) is 0 Å². The standard InChI is InChI=1S/C24H21FN4O5S/c1-2-3-12-32-17-8-9-18(22(31)27-24-26-14-20(25)35-24)19(13-17)33-16-6-4-15(5-7-16)23-29-28-21(34-23)10-11-30/h2,4-9,13-14,30H,1,3,10-12H2,(H,26,27,31). The summed E-state index contributed by atoms with van der Waals surface area (Å²) in [5.41, 5.74) is 0.880. The first kappa shape index (κ1) is 24.0. The number of hydrogen-bond acceptors (Lipinski definition) is 9. The molecule has 0 unspecified atom stereocenters. The molecule has 4 aromatic rings. The predicted molar refractivity (Wildman–Crippen MR) is 127 cm³/mol. The van der Waals surface area contributed by atoms with E-state index >= 15 is 0 Å². The van der Waals surface area contributed by atoms with Crippen LogP contribution in [-0.4, -0.2) is 39.4 Å². The topological polar surface area (TPSA) is 120 Å². The first-order valence-corrected chi connectivity index (χ1v) is 11.4. The second kappa shape index (κ2) is 11.4. The van der Waals surface area contributed by atoms with Crippen LogP contribution < -0.4 is 14.8 Å². The summed E-state index contributed by atoms with van der Waals surface area (Å²) in [4.78, 5) is 16.7. The minimum atomic E-state index is -0.508. The number of thiazole rings is 1. The second-order valence-electron chi connectivity index (χ2n) is 7.11. The van der Waals surface area contributed by atoms with Gasteiger partial charge in [-0.2, -0.15) is 4.39 Å². The molecule has 0 aliphatic heterocycles. The molecular weight excluding hydrogens is 475 g/mol. The van der Waals surface area contributed by atoms with E-state index in [1.807, 2.05) is 0 Å². The Hall–Kier alpha value is -4.09. The fourth-order valence-electron chi connectivity index (χ4n) is 2.96. The molecule has 2 aromatic heterocycles. The lowest BCUT2D eigenvalue weighted by molar-refractivity contribution is 0.102. The summed E-state index contributed by atoms with van der Waals surface area (Å²) in [5, 5.41) is 19.0. The number of amides is 1.